The van der Waals surface area contributed by atoms with Gasteiger partial charge in [-0.05, 0) is 30.3 Å². The van der Waals surface area contributed by atoms with Gasteiger partial charge in [0.05, 0.1) is 46.2 Å². The van der Waals surface area contributed by atoms with Crippen LogP contribution < -0.4 is 4.90 Å². The molecule has 2 aromatic carbocycles. The summed E-state index contributed by atoms with van der Waals surface area (Å²) >= 11 is 0. The lowest BCUT2D eigenvalue weighted by atomic mass is 10.1. The summed E-state index contributed by atoms with van der Waals surface area (Å²) < 4.78 is 1.70. The standard InChI is InChI=1S/C20H13N3O6/c1-22-9-21-8-16(22)10-3-5-15(14(6-10)20(28)29)23-17(24)12-4-2-11(19(26)27)7-13(12)18(23)25/h2-9H,1H3,(H,26,27)(H,28,29). The Kier molecular flexibility index (Phi) is 4.00. The number of carboxylic acid groups (broad SMARTS) is 2. The summed E-state index contributed by atoms with van der Waals surface area (Å²) in [5.41, 5.74) is 0.678. The molecule has 0 spiro atoms. The summed E-state index contributed by atoms with van der Waals surface area (Å²) in [6.45, 7) is 0. The van der Waals surface area contributed by atoms with E-state index in [1.54, 1.807) is 30.2 Å². The number of nitrogens with zero attached hydrogens (tertiary/aromatic N) is 3. The molecular weight excluding hydrogens is 378 g/mol. The summed E-state index contributed by atoms with van der Waals surface area (Å²) in [6.07, 6.45) is 3.13. The van der Waals surface area contributed by atoms with Crippen molar-refractivity contribution in [2.45, 2.75) is 0 Å². The lowest BCUT2D eigenvalue weighted by Gasteiger charge is -2.17. The molecule has 0 saturated heterocycles. The molecule has 1 aromatic heterocycles. The highest BCUT2D eigenvalue weighted by Gasteiger charge is 2.39. The van der Waals surface area contributed by atoms with E-state index in [0.717, 1.165) is 11.0 Å². The normalized spacial score (nSPS) is 12.9. The van der Waals surface area contributed by atoms with Gasteiger partial charge in [0.25, 0.3) is 11.8 Å². The monoisotopic (exact) mass is 391 g/mol. The Hall–Kier alpha value is -4.27. The first-order valence-corrected chi connectivity index (χ1v) is 8.39. The van der Waals surface area contributed by atoms with Crippen molar-refractivity contribution in [3.05, 3.63) is 71.2 Å². The number of imidazole rings is 1. The first-order valence-electron chi connectivity index (χ1n) is 8.39. The van der Waals surface area contributed by atoms with Gasteiger partial charge in [-0.3, -0.25) is 9.59 Å². The zero-order valence-corrected chi connectivity index (χ0v) is 15.0. The van der Waals surface area contributed by atoms with E-state index in [4.69, 9.17) is 5.11 Å². The molecule has 3 aromatic rings. The summed E-state index contributed by atoms with van der Waals surface area (Å²) in [4.78, 5) is 53.4. The number of carbonyl (C=O) groups excluding carboxylic acids is 2. The van der Waals surface area contributed by atoms with Crippen molar-refractivity contribution in [3.8, 4) is 11.3 Å². The van der Waals surface area contributed by atoms with Crippen molar-refractivity contribution in [1.29, 1.82) is 0 Å². The third-order valence-corrected chi connectivity index (χ3v) is 4.71. The number of hydrogen-bond donors (Lipinski definition) is 2. The third-order valence-electron chi connectivity index (χ3n) is 4.71. The minimum absolute atomic E-state index is 0.0204. The minimum atomic E-state index is -1.31. The molecule has 9 heteroatoms. The van der Waals surface area contributed by atoms with Crippen LogP contribution in [0.4, 0.5) is 5.69 Å². The largest absolute Gasteiger partial charge is 0.478 e. The van der Waals surface area contributed by atoms with Gasteiger partial charge in [0, 0.05) is 12.6 Å². The number of aromatic nitrogens is 2. The van der Waals surface area contributed by atoms with Crippen molar-refractivity contribution in [2.75, 3.05) is 4.90 Å². The van der Waals surface area contributed by atoms with Gasteiger partial charge >= 0.3 is 11.9 Å². The van der Waals surface area contributed by atoms with E-state index in [1.165, 1.54) is 24.3 Å². The van der Waals surface area contributed by atoms with Crippen LogP contribution in [-0.2, 0) is 7.05 Å². The summed E-state index contributed by atoms with van der Waals surface area (Å²) in [5.74, 6) is -4.04. The Balaban J connectivity index is 1.83. The molecule has 0 fully saturated rings. The van der Waals surface area contributed by atoms with Crippen LogP contribution in [-0.4, -0.2) is 43.5 Å². The van der Waals surface area contributed by atoms with Gasteiger partial charge in [0.1, 0.15) is 0 Å². The molecular formula is C20H13N3O6. The lowest BCUT2D eigenvalue weighted by Crippen LogP contribution is -2.31. The van der Waals surface area contributed by atoms with E-state index >= 15 is 0 Å². The smallest absolute Gasteiger partial charge is 0.337 e. The van der Waals surface area contributed by atoms with Crippen LogP contribution in [0.5, 0.6) is 0 Å². The quantitative estimate of drug-likeness (QED) is 0.653. The van der Waals surface area contributed by atoms with Gasteiger partial charge in [-0.1, -0.05) is 6.07 Å². The van der Waals surface area contributed by atoms with Gasteiger partial charge in [0.15, 0.2) is 0 Å². The molecule has 0 saturated carbocycles. The van der Waals surface area contributed by atoms with Crippen molar-refractivity contribution < 1.29 is 29.4 Å². The van der Waals surface area contributed by atoms with Gasteiger partial charge in [0.2, 0.25) is 0 Å². The van der Waals surface area contributed by atoms with Gasteiger partial charge in [-0.15, -0.1) is 0 Å². The highest BCUT2D eigenvalue weighted by molar-refractivity contribution is 6.35. The number of anilines is 1. The van der Waals surface area contributed by atoms with E-state index in [1.807, 2.05) is 0 Å². The van der Waals surface area contributed by atoms with Crippen molar-refractivity contribution >= 4 is 29.4 Å². The Labute approximate surface area is 163 Å². The zero-order valence-electron chi connectivity index (χ0n) is 15.0. The average Bonchev–Trinajstić information content (AvgIpc) is 3.22. The second kappa shape index (κ2) is 6.41. The summed E-state index contributed by atoms with van der Waals surface area (Å²) in [5, 5.41) is 18.8. The number of aryl methyl sites for hydroxylation is 1. The molecule has 144 valence electrons. The Bertz CT molecular complexity index is 1230. The van der Waals surface area contributed by atoms with Crippen LogP contribution in [0.3, 0.4) is 0 Å². The first-order chi connectivity index (χ1) is 13.8. The second-order valence-electron chi connectivity index (χ2n) is 6.44. The van der Waals surface area contributed by atoms with Crippen LogP contribution in [0.15, 0.2) is 48.9 Å². The van der Waals surface area contributed by atoms with Crippen molar-refractivity contribution in [1.82, 2.24) is 9.55 Å². The fraction of sp³-hybridized carbons (Fsp3) is 0.0500. The van der Waals surface area contributed by atoms with Crippen LogP contribution in [0, 0.1) is 0 Å². The van der Waals surface area contributed by atoms with Crippen molar-refractivity contribution in [3.63, 3.8) is 0 Å². The molecule has 29 heavy (non-hydrogen) atoms. The molecule has 2 amide bonds. The molecule has 0 radical (unpaired) electrons. The van der Waals surface area contributed by atoms with E-state index in [-0.39, 0.29) is 27.9 Å². The topological polar surface area (TPSA) is 130 Å². The molecule has 1 aliphatic rings. The first kappa shape index (κ1) is 18.1. The molecule has 0 unspecified atom stereocenters. The number of rotatable bonds is 4. The highest BCUT2D eigenvalue weighted by Crippen LogP contribution is 2.33. The maximum atomic E-state index is 12.8. The number of carbonyl (C=O) groups is 4. The number of aromatic carboxylic acids is 2. The van der Waals surface area contributed by atoms with Crippen LogP contribution >= 0.6 is 0 Å². The molecule has 2 heterocycles. The molecule has 4 rings (SSSR count). The number of imide groups is 1. The molecule has 2 N–H and O–H groups in total. The number of fused-ring (bicyclic) bond motifs is 1. The summed E-state index contributed by atoms with van der Waals surface area (Å²) in [6, 6.07) is 7.92. The predicted molar refractivity (Wildman–Crippen MR) is 100 cm³/mol. The van der Waals surface area contributed by atoms with E-state index in [0.29, 0.717) is 11.3 Å². The molecule has 0 aliphatic carbocycles. The lowest BCUT2D eigenvalue weighted by molar-refractivity contribution is 0.0686. The second-order valence-corrected chi connectivity index (χ2v) is 6.44. The Morgan fingerprint density at radius 2 is 1.66 bits per heavy atom. The van der Waals surface area contributed by atoms with Crippen LogP contribution in [0.2, 0.25) is 0 Å². The van der Waals surface area contributed by atoms with E-state index in [2.05, 4.69) is 4.98 Å². The molecule has 1 aliphatic heterocycles. The number of amides is 2. The van der Waals surface area contributed by atoms with E-state index < -0.39 is 23.8 Å². The maximum absolute atomic E-state index is 12.8. The minimum Gasteiger partial charge on any atom is -0.478 e. The van der Waals surface area contributed by atoms with Gasteiger partial charge in [-0.2, -0.15) is 0 Å². The molecule has 0 atom stereocenters. The predicted octanol–water partition coefficient (Wildman–Crippen LogP) is 2.28. The zero-order chi connectivity index (χ0) is 20.9. The van der Waals surface area contributed by atoms with E-state index in [9.17, 15) is 24.3 Å². The number of hydrogen-bond acceptors (Lipinski definition) is 5. The fourth-order valence-corrected chi connectivity index (χ4v) is 3.29. The third kappa shape index (κ3) is 2.76. The average molecular weight is 391 g/mol. The number of benzene rings is 2. The Morgan fingerprint density at radius 3 is 2.28 bits per heavy atom. The summed E-state index contributed by atoms with van der Waals surface area (Å²) in [7, 11) is 1.75. The maximum Gasteiger partial charge on any atom is 0.337 e. The van der Waals surface area contributed by atoms with Gasteiger partial charge in [-0.25, -0.2) is 19.5 Å². The fourth-order valence-electron chi connectivity index (χ4n) is 3.29. The van der Waals surface area contributed by atoms with Crippen LogP contribution in [0.25, 0.3) is 11.3 Å². The number of carboxylic acids is 2. The Morgan fingerprint density at radius 1 is 0.931 bits per heavy atom. The SMILES string of the molecule is Cn1cncc1-c1ccc(N2C(=O)c3ccc(C(=O)O)cc3C2=O)c(C(=O)O)c1. The molecule has 9 nitrogen and oxygen atoms in total. The van der Waals surface area contributed by atoms with Gasteiger partial charge < -0.3 is 14.8 Å². The highest BCUT2D eigenvalue weighted by atomic mass is 16.4. The van der Waals surface area contributed by atoms with Crippen LogP contribution in [0.1, 0.15) is 41.4 Å². The molecule has 0 bridgehead atoms. The van der Waals surface area contributed by atoms with Crippen molar-refractivity contribution in [2.24, 2.45) is 7.05 Å².